The molecule has 1 N–H and O–H groups in total. The third kappa shape index (κ3) is 3.77. The first-order valence-electron chi connectivity index (χ1n) is 6.76. The van der Waals surface area contributed by atoms with Crippen LogP contribution in [0.1, 0.15) is 32.8 Å². The number of benzene rings is 1. The van der Waals surface area contributed by atoms with E-state index in [0.717, 1.165) is 12.5 Å². The Morgan fingerprint density at radius 1 is 1.35 bits per heavy atom. The summed E-state index contributed by atoms with van der Waals surface area (Å²) in [6.45, 7) is 6.04. The van der Waals surface area contributed by atoms with Crippen LogP contribution in [-0.2, 0) is 16.6 Å². The minimum atomic E-state index is -3.65. The Balaban J connectivity index is 3.13. The standard InChI is InChI=1S/C14H22FNO3S/c1-4-11(3)9-16(5-2)20(18,19)13-6-7-14(15)12(8-13)10-17/h6-8,11,17H,4-5,9-10H2,1-3H3. The zero-order valence-electron chi connectivity index (χ0n) is 12.1. The van der Waals surface area contributed by atoms with Crippen molar-refractivity contribution in [3.8, 4) is 0 Å². The Labute approximate surface area is 120 Å². The van der Waals surface area contributed by atoms with Crippen molar-refractivity contribution in [2.24, 2.45) is 5.92 Å². The lowest BCUT2D eigenvalue weighted by Crippen LogP contribution is -2.34. The van der Waals surface area contributed by atoms with E-state index in [2.05, 4.69) is 0 Å². The van der Waals surface area contributed by atoms with Gasteiger partial charge in [0, 0.05) is 18.7 Å². The molecule has 0 aromatic heterocycles. The summed E-state index contributed by atoms with van der Waals surface area (Å²) >= 11 is 0. The number of aliphatic hydroxyl groups excluding tert-OH is 1. The Morgan fingerprint density at radius 3 is 2.50 bits per heavy atom. The van der Waals surface area contributed by atoms with Crippen molar-refractivity contribution in [3.63, 3.8) is 0 Å². The van der Waals surface area contributed by atoms with Crippen molar-refractivity contribution in [2.45, 2.75) is 38.7 Å². The number of sulfonamides is 1. The highest BCUT2D eigenvalue weighted by molar-refractivity contribution is 7.89. The molecule has 0 amide bonds. The molecule has 1 atom stereocenters. The van der Waals surface area contributed by atoms with Crippen LogP contribution in [0.3, 0.4) is 0 Å². The molecular formula is C14H22FNO3S. The third-order valence-corrected chi connectivity index (χ3v) is 5.33. The number of nitrogens with zero attached hydrogens (tertiary/aromatic N) is 1. The lowest BCUT2D eigenvalue weighted by atomic mass is 10.1. The number of hydrogen-bond donors (Lipinski definition) is 1. The lowest BCUT2D eigenvalue weighted by molar-refractivity contribution is 0.275. The fourth-order valence-corrected chi connectivity index (χ4v) is 3.48. The molecule has 6 heteroatoms. The predicted molar refractivity (Wildman–Crippen MR) is 76.2 cm³/mol. The first-order chi connectivity index (χ1) is 9.36. The van der Waals surface area contributed by atoms with Gasteiger partial charge in [-0.3, -0.25) is 0 Å². The molecule has 0 aliphatic carbocycles. The highest BCUT2D eigenvalue weighted by Crippen LogP contribution is 2.20. The van der Waals surface area contributed by atoms with E-state index in [-0.39, 0.29) is 16.4 Å². The second-order valence-corrected chi connectivity index (χ2v) is 6.82. The van der Waals surface area contributed by atoms with Crippen molar-refractivity contribution >= 4 is 10.0 Å². The van der Waals surface area contributed by atoms with Gasteiger partial charge >= 0.3 is 0 Å². The van der Waals surface area contributed by atoms with Crippen LogP contribution in [-0.4, -0.2) is 30.9 Å². The van der Waals surface area contributed by atoms with Gasteiger partial charge in [-0.1, -0.05) is 27.2 Å². The first-order valence-corrected chi connectivity index (χ1v) is 8.20. The summed E-state index contributed by atoms with van der Waals surface area (Å²) in [5.74, 6) is -0.348. The van der Waals surface area contributed by atoms with Crippen molar-refractivity contribution in [1.29, 1.82) is 0 Å². The molecule has 1 aromatic carbocycles. The Bertz CT molecular complexity index is 545. The Morgan fingerprint density at radius 2 is 2.00 bits per heavy atom. The third-order valence-electron chi connectivity index (χ3n) is 3.39. The fourth-order valence-electron chi connectivity index (χ4n) is 1.86. The van der Waals surface area contributed by atoms with E-state index in [1.807, 2.05) is 13.8 Å². The molecule has 0 radical (unpaired) electrons. The summed E-state index contributed by atoms with van der Waals surface area (Å²) in [5, 5.41) is 9.04. The highest BCUT2D eigenvalue weighted by Gasteiger charge is 2.25. The van der Waals surface area contributed by atoms with Gasteiger partial charge in [0.2, 0.25) is 10.0 Å². The molecule has 0 bridgehead atoms. The maximum absolute atomic E-state index is 13.3. The summed E-state index contributed by atoms with van der Waals surface area (Å²) in [7, 11) is -3.65. The molecule has 0 aliphatic rings. The number of rotatable bonds is 7. The minimum absolute atomic E-state index is 0.00864. The van der Waals surface area contributed by atoms with Crippen molar-refractivity contribution in [3.05, 3.63) is 29.6 Å². The molecule has 1 aromatic rings. The smallest absolute Gasteiger partial charge is 0.243 e. The molecule has 0 saturated carbocycles. The molecule has 1 unspecified atom stereocenters. The topological polar surface area (TPSA) is 57.6 Å². The molecule has 0 saturated heterocycles. The Hall–Kier alpha value is -0.980. The molecule has 4 nitrogen and oxygen atoms in total. The van der Waals surface area contributed by atoms with Gasteiger partial charge in [0.25, 0.3) is 0 Å². The highest BCUT2D eigenvalue weighted by atomic mass is 32.2. The molecule has 0 fully saturated rings. The van der Waals surface area contributed by atoms with Gasteiger partial charge in [0.15, 0.2) is 0 Å². The molecule has 20 heavy (non-hydrogen) atoms. The summed E-state index contributed by atoms with van der Waals surface area (Å²) in [6, 6.07) is 3.52. The molecular weight excluding hydrogens is 281 g/mol. The lowest BCUT2D eigenvalue weighted by Gasteiger charge is -2.23. The van der Waals surface area contributed by atoms with E-state index in [0.29, 0.717) is 13.1 Å². The van der Waals surface area contributed by atoms with Crippen LogP contribution < -0.4 is 0 Å². The van der Waals surface area contributed by atoms with Gasteiger partial charge in [-0.25, -0.2) is 12.8 Å². The van der Waals surface area contributed by atoms with Crippen LogP contribution in [0.25, 0.3) is 0 Å². The summed E-state index contributed by atoms with van der Waals surface area (Å²) < 4.78 is 39.8. The van der Waals surface area contributed by atoms with Gasteiger partial charge < -0.3 is 5.11 Å². The molecule has 0 spiro atoms. The Kier molecular flexibility index (Phi) is 6.10. The SMILES string of the molecule is CCC(C)CN(CC)S(=O)(=O)c1ccc(F)c(CO)c1. The van der Waals surface area contributed by atoms with Crippen LogP contribution in [0.2, 0.25) is 0 Å². The van der Waals surface area contributed by atoms with Gasteiger partial charge in [-0.2, -0.15) is 4.31 Å². The summed E-state index contributed by atoms with van der Waals surface area (Å²) in [5.41, 5.74) is -0.00864. The molecule has 1 rings (SSSR count). The average Bonchev–Trinajstić information content (AvgIpc) is 2.44. The molecule has 0 aliphatic heterocycles. The van der Waals surface area contributed by atoms with Crippen molar-refractivity contribution in [2.75, 3.05) is 13.1 Å². The van der Waals surface area contributed by atoms with Crippen molar-refractivity contribution in [1.82, 2.24) is 4.31 Å². The largest absolute Gasteiger partial charge is 0.392 e. The molecule has 114 valence electrons. The van der Waals surface area contributed by atoms with Crippen LogP contribution in [0.15, 0.2) is 23.1 Å². The maximum atomic E-state index is 13.3. The normalized spacial score (nSPS) is 13.7. The van der Waals surface area contributed by atoms with E-state index < -0.39 is 22.4 Å². The van der Waals surface area contributed by atoms with Crippen LogP contribution >= 0.6 is 0 Å². The summed E-state index contributed by atoms with van der Waals surface area (Å²) in [4.78, 5) is 0.0214. The monoisotopic (exact) mass is 303 g/mol. The van der Waals surface area contributed by atoms with Crippen LogP contribution in [0, 0.1) is 11.7 Å². The minimum Gasteiger partial charge on any atom is -0.392 e. The van der Waals surface area contributed by atoms with Crippen LogP contribution in [0.4, 0.5) is 4.39 Å². The number of halogens is 1. The first kappa shape index (κ1) is 17.1. The quantitative estimate of drug-likeness (QED) is 0.841. The van der Waals surface area contributed by atoms with E-state index >= 15 is 0 Å². The van der Waals surface area contributed by atoms with E-state index in [9.17, 15) is 12.8 Å². The number of hydrogen-bond acceptors (Lipinski definition) is 3. The van der Waals surface area contributed by atoms with Crippen LogP contribution in [0.5, 0.6) is 0 Å². The summed E-state index contributed by atoms with van der Waals surface area (Å²) in [6.07, 6.45) is 0.886. The van der Waals surface area contributed by atoms with Gasteiger partial charge in [-0.15, -0.1) is 0 Å². The van der Waals surface area contributed by atoms with Crippen molar-refractivity contribution < 1.29 is 17.9 Å². The van der Waals surface area contributed by atoms with Gasteiger partial charge in [0.1, 0.15) is 5.82 Å². The molecule has 0 heterocycles. The predicted octanol–water partition coefficient (Wildman–Crippen LogP) is 2.37. The van der Waals surface area contributed by atoms with Gasteiger partial charge in [0.05, 0.1) is 11.5 Å². The number of aliphatic hydroxyl groups is 1. The average molecular weight is 303 g/mol. The fraction of sp³-hybridized carbons (Fsp3) is 0.571. The zero-order chi connectivity index (χ0) is 15.3. The maximum Gasteiger partial charge on any atom is 0.243 e. The van der Waals surface area contributed by atoms with E-state index in [1.165, 1.54) is 16.4 Å². The van der Waals surface area contributed by atoms with Gasteiger partial charge in [-0.05, 0) is 24.1 Å². The van der Waals surface area contributed by atoms with E-state index in [1.54, 1.807) is 6.92 Å². The second-order valence-electron chi connectivity index (χ2n) is 4.88. The second kappa shape index (κ2) is 7.15. The van der Waals surface area contributed by atoms with E-state index in [4.69, 9.17) is 5.11 Å². The zero-order valence-corrected chi connectivity index (χ0v) is 13.0.